The number of aryl methyl sites for hydroxylation is 2. The van der Waals surface area contributed by atoms with E-state index in [1.807, 2.05) is 29.6 Å². The Labute approximate surface area is 83.7 Å². The molecule has 0 amide bonds. The summed E-state index contributed by atoms with van der Waals surface area (Å²) in [6, 6.07) is 0. The Morgan fingerprint density at radius 3 is 2.92 bits per heavy atom. The number of anilines is 1. The van der Waals surface area contributed by atoms with Gasteiger partial charge in [-0.15, -0.1) is 0 Å². The zero-order valence-corrected chi connectivity index (χ0v) is 9.10. The number of thioether (sulfide) groups is 1. The summed E-state index contributed by atoms with van der Waals surface area (Å²) in [5.74, 6) is 3.05. The van der Waals surface area contributed by atoms with Gasteiger partial charge in [-0.05, 0) is 24.9 Å². The Morgan fingerprint density at radius 1 is 1.62 bits per heavy atom. The lowest BCUT2D eigenvalue weighted by atomic mass is 10.4. The van der Waals surface area contributed by atoms with Crippen LogP contribution in [0, 0.1) is 6.92 Å². The van der Waals surface area contributed by atoms with Gasteiger partial charge in [0.15, 0.2) is 0 Å². The molecule has 0 unspecified atom stereocenters. The van der Waals surface area contributed by atoms with Crippen LogP contribution in [0.1, 0.15) is 18.9 Å². The fourth-order valence-corrected chi connectivity index (χ4v) is 1.75. The van der Waals surface area contributed by atoms with E-state index >= 15 is 0 Å². The molecule has 0 bridgehead atoms. The van der Waals surface area contributed by atoms with E-state index < -0.39 is 0 Å². The summed E-state index contributed by atoms with van der Waals surface area (Å²) < 4.78 is 1.93. The largest absolute Gasteiger partial charge is 0.382 e. The molecule has 0 aromatic carbocycles. The Balaban J connectivity index is 2.29. The lowest BCUT2D eigenvalue weighted by Crippen LogP contribution is -2.00. The Kier molecular flexibility index (Phi) is 4.15. The van der Waals surface area contributed by atoms with Gasteiger partial charge < -0.3 is 5.73 Å². The van der Waals surface area contributed by atoms with Gasteiger partial charge in [-0.25, -0.2) is 0 Å². The number of rotatable bonds is 5. The Morgan fingerprint density at radius 2 is 2.38 bits per heavy atom. The van der Waals surface area contributed by atoms with Crippen LogP contribution in [-0.4, -0.2) is 21.3 Å². The van der Waals surface area contributed by atoms with Crippen molar-refractivity contribution in [1.29, 1.82) is 0 Å². The lowest BCUT2D eigenvalue weighted by molar-refractivity contribution is 0.608. The average molecular weight is 199 g/mol. The number of nitrogens with two attached hydrogens (primary N) is 1. The minimum Gasteiger partial charge on any atom is -0.382 e. The first kappa shape index (κ1) is 10.4. The van der Waals surface area contributed by atoms with Crippen molar-refractivity contribution in [3.63, 3.8) is 0 Å². The van der Waals surface area contributed by atoms with Crippen LogP contribution < -0.4 is 5.73 Å². The summed E-state index contributed by atoms with van der Waals surface area (Å²) in [7, 11) is 0. The molecular formula is C9H17N3S. The first-order valence-corrected chi connectivity index (χ1v) is 5.76. The molecule has 74 valence electrons. The molecule has 1 rings (SSSR count). The first-order valence-electron chi connectivity index (χ1n) is 4.61. The van der Waals surface area contributed by atoms with Crippen LogP contribution in [0.4, 0.5) is 5.82 Å². The standard InChI is InChI=1S/C9H17N3S/c1-3-13-6-4-5-12-7-8(2)9(10)11-12/h7H,3-6H2,1-2H3,(H2,10,11). The van der Waals surface area contributed by atoms with Gasteiger partial charge in [-0.3, -0.25) is 4.68 Å². The highest BCUT2D eigenvalue weighted by molar-refractivity contribution is 7.99. The van der Waals surface area contributed by atoms with E-state index in [-0.39, 0.29) is 0 Å². The quantitative estimate of drug-likeness (QED) is 0.737. The summed E-state index contributed by atoms with van der Waals surface area (Å²) in [5.41, 5.74) is 6.71. The number of hydrogen-bond acceptors (Lipinski definition) is 3. The minimum absolute atomic E-state index is 0.656. The van der Waals surface area contributed by atoms with Crippen molar-refractivity contribution in [3.05, 3.63) is 11.8 Å². The van der Waals surface area contributed by atoms with Gasteiger partial charge in [-0.2, -0.15) is 16.9 Å². The third kappa shape index (κ3) is 3.30. The maximum Gasteiger partial charge on any atom is 0.148 e. The Bertz CT molecular complexity index is 238. The van der Waals surface area contributed by atoms with Crippen molar-refractivity contribution in [2.45, 2.75) is 26.8 Å². The van der Waals surface area contributed by atoms with E-state index in [9.17, 15) is 0 Å². The van der Waals surface area contributed by atoms with E-state index in [0.29, 0.717) is 5.82 Å². The summed E-state index contributed by atoms with van der Waals surface area (Å²) in [6.45, 7) is 5.14. The summed E-state index contributed by atoms with van der Waals surface area (Å²) >= 11 is 1.97. The molecule has 0 saturated heterocycles. The molecule has 0 aliphatic heterocycles. The van der Waals surface area contributed by atoms with E-state index in [1.54, 1.807) is 0 Å². The van der Waals surface area contributed by atoms with Crippen LogP contribution in [-0.2, 0) is 6.54 Å². The topological polar surface area (TPSA) is 43.8 Å². The van der Waals surface area contributed by atoms with Gasteiger partial charge in [0.2, 0.25) is 0 Å². The van der Waals surface area contributed by atoms with E-state index in [2.05, 4.69) is 12.0 Å². The average Bonchev–Trinajstić information content (AvgIpc) is 2.41. The fraction of sp³-hybridized carbons (Fsp3) is 0.667. The van der Waals surface area contributed by atoms with Crippen LogP contribution in [0.3, 0.4) is 0 Å². The molecule has 0 aliphatic carbocycles. The maximum atomic E-state index is 5.63. The van der Waals surface area contributed by atoms with E-state index in [1.165, 1.54) is 17.9 Å². The van der Waals surface area contributed by atoms with Gasteiger partial charge in [0.1, 0.15) is 5.82 Å². The second-order valence-corrected chi connectivity index (χ2v) is 4.40. The van der Waals surface area contributed by atoms with E-state index in [0.717, 1.165) is 12.1 Å². The van der Waals surface area contributed by atoms with Crippen LogP contribution in [0.2, 0.25) is 0 Å². The zero-order valence-electron chi connectivity index (χ0n) is 8.29. The number of nitrogens with zero attached hydrogens (tertiary/aromatic N) is 2. The third-order valence-electron chi connectivity index (χ3n) is 1.86. The van der Waals surface area contributed by atoms with Crippen LogP contribution in [0.25, 0.3) is 0 Å². The summed E-state index contributed by atoms with van der Waals surface area (Å²) in [5, 5.41) is 4.19. The molecule has 1 heterocycles. The zero-order chi connectivity index (χ0) is 9.68. The fourth-order valence-electron chi connectivity index (χ4n) is 1.12. The minimum atomic E-state index is 0.656. The van der Waals surface area contributed by atoms with Gasteiger partial charge in [0, 0.05) is 18.3 Å². The normalized spacial score (nSPS) is 10.6. The highest BCUT2D eigenvalue weighted by Gasteiger charge is 1.99. The molecule has 2 N–H and O–H groups in total. The molecule has 0 atom stereocenters. The van der Waals surface area contributed by atoms with Crippen molar-refractivity contribution < 1.29 is 0 Å². The molecule has 0 aliphatic rings. The second kappa shape index (κ2) is 5.17. The van der Waals surface area contributed by atoms with Crippen molar-refractivity contribution in [2.24, 2.45) is 0 Å². The maximum absolute atomic E-state index is 5.63. The van der Waals surface area contributed by atoms with Crippen molar-refractivity contribution >= 4 is 17.6 Å². The SMILES string of the molecule is CCSCCCn1cc(C)c(N)n1. The van der Waals surface area contributed by atoms with Crippen LogP contribution >= 0.6 is 11.8 Å². The monoisotopic (exact) mass is 199 g/mol. The molecule has 0 saturated carbocycles. The van der Waals surface area contributed by atoms with Crippen LogP contribution in [0.5, 0.6) is 0 Å². The van der Waals surface area contributed by atoms with Crippen LogP contribution in [0.15, 0.2) is 6.20 Å². The van der Waals surface area contributed by atoms with Gasteiger partial charge in [-0.1, -0.05) is 6.92 Å². The number of nitrogen functional groups attached to an aromatic ring is 1. The smallest absolute Gasteiger partial charge is 0.148 e. The van der Waals surface area contributed by atoms with Crippen molar-refractivity contribution in [2.75, 3.05) is 17.2 Å². The number of hydrogen-bond donors (Lipinski definition) is 1. The molecule has 4 heteroatoms. The predicted octanol–water partition coefficient (Wildman–Crippen LogP) is 1.92. The molecule has 0 fully saturated rings. The van der Waals surface area contributed by atoms with Gasteiger partial charge in [0.05, 0.1) is 0 Å². The molecule has 0 radical (unpaired) electrons. The molecule has 3 nitrogen and oxygen atoms in total. The van der Waals surface area contributed by atoms with E-state index in [4.69, 9.17) is 5.73 Å². The van der Waals surface area contributed by atoms with Crippen molar-refractivity contribution in [3.8, 4) is 0 Å². The highest BCUT2D eigenvalue weighted by atomic mass is 32.2. The van der Waals surface area contributed by atoms with Gasteiger partial charge in [0.25, 0.3) is 0 Å². The second-order valence-electron chi connectivity index (χ2n) is 3.01. The first-order chi connectivity index (χ1) is 6.24. The van der Waals surface area contributed by atoms with Crippen molar-refractivity contribution in [1.82, 2.24) is 9.78 Å². The third-order valence-corrected chi connectivity index (χ3v) is 2.85. The highest BCUT2D eigenvalue weighted by Crippen LogP contribution is 2.08. The summed E-state index contributed by atoms with van der Waals surface area (Å²) in [6.07, 6.45) is 3.17. The lowest BCUT2D eigenvalue weighted by Gasteiger charge is -1.99. The Hall–Kier alpha value is -0.640. The predicted molar refractivity (Wildman–Crippen MR) is 59.0 cm³/mol. The summed E-state index contributed by atoms with van der Waals surface area (Å²) in [4.78, 5) is 0. The molecule has 1 aromatic heterocycles. The molecule has 1 aromatic rings. The molecular weight excluding hydrogens is 182 g/mol. The number of aromatic nitrogens is 2. The van der Waals surface area contributed by atoms with Gasteiger partial charge >= 0.3 is 0 Å². The molecule has 0 spiro atoms. The molecule has 13 heavy (non-hydrogen) atoms.